The van der Waals surface area contributed by atoms with Gasteiger partial charge in [0.2, 0.25) is 11.8 Å². The number of thioether (sulfide) groups is 1. The largest absolute Gasteiger partial charge is 0.462 e. The Labute approximate surface area is 192 Å². The Bertz CT molecular complexity index is 1030. The summed E-state index contributed by atoms with van der Waals surface area (Å²) in [4.78, 5) is 33.2. The number of fused-ring (bicyclic) bond motifs is 1. The summed E-state index contributed by atoms with van der Waals surface area (Å²) >= 11 is 1.32. The van der Waals surface area contributed by atoms with Crippen LogP contribution < -0.4 is 16.0 Å². The number of rotatable bonds is 11. The third-order valence-electron chi connectivity index (χ3n) is 5.12. The van der Waals surface area contributed by atoms with Crippen LogP contribution in [0, 0.1) is 0 Å². The van der Waals surface area contributed by atoms with Gasteiger partial charge in [-0.25, -0.2) is 4.79 Å². The summed E-state index contributed by atoms with van der Waals surface area (Å²) in [6.45, 7) is 6.11. The molecule has 0 spiro atoms. The Hall–Kier alpha value is -3.00. The van der Waals surface area contributed by atoms with Gasteiger partial charge in [-0.1, -0.05) is 80.8 Å². The van der Waals surface area contributed by atoms with Crippen molar-refractivity contribution in [1.29, 1.82) is 0 Å². The average Bonchev–Trinajstić information content (AvgIpc) is 2.79. The second-order valence-corrected chi connectivity index (χ2v) is 8.47. The lowest BCUT2D eigenvalue weighted by atomic mass is 9.84. The summed E-state index contributed by atoms with van der Waals surface area (Å²) in [5.74, 6) is -0.738. The number of nitrogens with two attached hydrogens (primary N) is 1. The van der Waals surface area contributed by atoms with E-state index >= 15 is 0 Å². The Kier molecular flexibility index (Phi) is 8.56. The first-order valence-electron chi connectivity index (χ1n) is 10.8. The van der Waals surface area contributed by atoms with Gasteiger partial charge < -0.3 is 20.2 Å². The molecule has 1 aromatic carbocycles. The zero-order valence-corrected chi connectivity index (χ0v) is 19.1. The molecule has 1 atom stereocenters. The quantitative estimate of drug-likeness (QED) is 0.171. The fraction of sp³-hybridized carbons (Fsp3) is 0.375. The van der Waals surface area contributed by atoms with Crippen LogP contribution >= 0.6 is 11.8 Å². The molecule has 1 aliphatic rings. The molecule has 0 bridgehead atoms. The van der Waals surface area contributed by atoms with E-state index in [0.29, 0.717) is 17.5 Å². The second kappa shape index (κ2) is 11.6. The van der Waals surface area contributed by atoms with Crippen molar-refractivity contribution < 1.29 is 14.3 Å². The lowest BCUT2D eigenvalue weighted by molar-refractivity contribution is -0.139. The van der Waals surface area contributed by atoms with Gasteiger partial charge >= 0.3 is 5.97 Å². The molecular formula is C24H29N3O4S. The van der Waals surface area contributed by atoms with Gasteiger partial charge in [0.05, 0.1) is 18.1 Å². The van der Waals surface area contributed by atoms with Crippen LogP contribution in [0.15, 0.2) is 64.4 Å². The first kappa shape index (κ1) is 23.7. The lowest BCUT2D eigenvalue weighted by Gasteiger charge is -2.27. The van der Waals surface area contributed by atoms with E-state index in [4.69, 9.17) is 15.2 Å². The van der Waals surface area contributed by atoms with Gasteiger partial charge in [0.15, 0.2) is 5.16 Å². The number of hydrogen-bond acceptors (Lipinski definition) is 7. The van der Waals surface area contributed by atoms with Gasteiger partial charge in [0.25, 0.3) is 5.56 Å². The monoisotopic (exact) mass is 455 g/mol. The van der Waals surface area contributed by atoms with Crippen LogP contribution in [0.4, 0.5) is 0 Å². The minimum absolute atomic E-state index is 0.0971. The minimum atomic E-state index is -0.734. The molecule has 0 amide bonds. The highest BCUT2D eigenvalue weighted by Gasteiger charge is 2.38. The van der Waals surface area contributed by atoms with E-state index in [0.717, 1.165) is 37.7 Å². The highest BCUT2D eigenvalue weighted by molar-refractivity contribution is 7.99. The number of hydrogen-bond donors (Lipinski definition) is 2. The summed E-state index contributed by atoms with van der Waals surface area (Å²) in [5, 5.41) is 0.395. The minimum Gasteiger partial charge on any atom is -0.462 e. The van der Waals surface area contributed by atoms with E-state index in [1.54, 1.807) is 6.08 Å². The number of nitrogens with zero attached hydrogens (tertiary/aromatic N) is 1. The molecule has 1 aliphatic heterocycles. The maximum absolute atomic E-state index is 13.0. The molecule has 0 radical (unpaired) electrons. The third-order valence-corrected chi connectivity index (χ3v) is 5.99. The number of aromatic nitrogens is 2. The van der Waals surface area contributed by atoms with Gasteiger partial charge in [-0.15, -0.1) is 6.58 Å². The molecular weight excluding hydrogens is 426 g/mol. The number of unbranched alkanes of at least 4 members (excludes halogenated alkanes) is 4. The van der Waals surface area contributed by atoms with Crippen molar-refractivity contribution in [2.24, 2.45) is 5.73 Å². The van der Waals surface area contributed by atoms with Crippen molar-refractivity contribution in [3.05, 3.63) is 75.9 Å². The van der Waals surface area contributed by atoms with E-state index < -0.39 is 11.9 Å². The number of aromatic amines is 1. The molecule has 0 aliphatic carbocycles. The van der Waals surface area contributed by atoms with E-state index in [9.17, 15) is 9.59 Å². The van der Waals surface area contributed by atoms with Crippen molar-refractivity contribution in [2.45, 2.75) is 50.1 Å². The lowest BCUT2D eigenvalue weighted by Crippen LogP contribution is -2.32. The average molecular weight is 456 g/mol. The van der Waals surface area contributed by atoms with Crippen LogP contribution in [-0.4, -0.2) is 28.3 Å². The Balaban J connectivity index is 1.92. The van der Waals surface area contributed by atoms with Crippen molar-refractivity contribution >= 4 is 17.7 Å². The molecule has 2 heterocycles. The molecule has 3 N–H and O–H groups in total. The molecule has 2 aromatic rings. The summed E-state index contributed by atoms with van der Waals surface area (Å²) in [6.07, 6.45) is 6.90. The van der Waals surface area contributed by atoms with Crippen LogP contribution in [-0.2, 0) is 9.53 Å². The molecule has 0 saturated carbocycles. The molecule has 0 unspecified atom stereocenters. The number of ether oxygens (including phenoxy) is 2. The maximum atomic E-state index is 13.0. The highest BCUT2D eigenvalue weighted by atomic mass is 32.2. The number of carbonyl (C=O) groups excluding carboxylic acids is 1. The Morgan fingerprint density at radius 3 is 2.75 bits per heavy atom. The first-order valence-corrected chi connectivity index (χ1v) is 11.8. The molecule has 0 fully saturated rings. The molecule has 0 saturated heterocycles. The van der Waals surface area contributed by atoms with Crippen LogP contribution in [0.3, 0.4) is 0 Å². The molecule has 32 heavy (non-hydrogen) atoms. The summed E-state index contributed by atoms with van der Waals surface area (Å²) < 4.78 is 11.2. The first-order chi connectivity index (χ1) is 15.6. The molecule has 3 rings (SSSR count). The predicted molar refractivity (Wildman–Crippen MR) is 126 cm³/mol. The Morgan fingerprint density at radius 2 is 2.03 bits per heavy atom. The number of H-pyrrole nitrogens is 1. The number of nitrogens with one attached hydrogen (secondary N) is 1. The topological polar surface area (TPSA) is 107 Å². The predicted octanol–water partition coefficient (Wildman–Crippen LogP) is 4.26. The normalized spacial score (nSPS) is 15.1. The van der Waals surface area contributed by atoms with Crippen molar-refractivity contribution in [3.63, 3.8) is 0 Å². The van der Waals surface area contributed by atoms with Crippen LogP contribution in [0.1, 0.15) is 56.1 Å². The molecule has 8 heteroatoms. The SMILES string of the molecule is C=CCSc1nc2c(c(=O)[nH]1)[C@@H](c1ccccc1)C(C(=O)OCCCCCCC)=C(N)O2. The summed E-state index contributed by atoms with van der Waals surface area (Å²) in [6, 6.07) is 9.22. The van der Waals surface area contributed by atoms with Crippen LogP contribution in [0.5, 0.6) is 5.88 Å². The van der Waals surface area contributed by atoms with E-state index in [1.807, 2.05) is 30.3 Å². The number of carbonyl (C=O) groups is 1. The van der Waals surface area contributed by atoms with E-state index in [-0.39, 0.29) is 28.5 Å². The summed E-state index contributed by atoms with van der Waals surface area (Å²) in [7, 11) is 0. The second-order valence-electron chi connectivity index (χ2n) is 7.46. The van der Waals surface area contributed by atoms with Gasteiger partial charge in [0.1, 0.15) is 5.57 Å². The highest BCUT2D eigenvalue weighted by Crippen LogP contribution is 2.40. The number of esters is 1. The molecule has 170 valence electrons. The van der Waals surface area contributed by atoms with Crippen molar-refractivity contribution in [3.8, 4) is 5.88 Å². The fourth-order valence-electron chi connectivity index (χ4n) is 3.57. The van der Waals surface area contributed by atoms with Gasteiger partial charge in [-0.05, 0) is 12.0 Å². The fourth-order valence-corrected chi connectivity index (χ4v) is 4.16. The maximum Gasteiger partial charge on any atom is 0.340 e. The van der Waals surface area contributed by atoms with Gasteiger partial charge in [-0.3, -0.25) is 4.79 Å². The van der Waals surface area contributed by atoms with Crippen molar-refractivity contribution in [2.75, 3.05) is 12.4 Å². The van der Waals surface area contributed by atoms with Crippen molar-refractivity contribution in [1.82, 2.24) is 9.97 Å². The summed E-state index contributed by atoms with van der Waals surface area (Å²) in [5.41, 5.74) is 6.88. The Morgan fingerprint density at radius 1 is 1.28 bits per heavy atom. The van der Waals surface area contributed by atoms with Gasteiger partial charge in [0, 0.05) is 5.75 Å². The number of benzene rings is 1. The standard InChI is InChI=1S/C24H29N3O4S/c1-3-5-6-7-11-14-30-23(29)18-17(16-12-9-8-10-13-16)19-21(28)26-24(32-15-4-2)27-22(19)31-20(18)25/h4,8-10,12-13,17H,2-3,5-7,11,14-15,25H2,1H3,(H,26,27,28)/t17-/m0/s1. The van der Waals surface area contributed by atoms with Gasteiger partial charge in [-0.2, -0.15) is 4.98 Å². The molecule has 7 nitrogen and oxygen atoms in total. The van der Waals surface area contributed by atoms with E-state index in [2.05, 4.69) is 23.5 Å². The van der Waals surface area contributed by atoms with E-state index in [1.165, 1.54) is 11.8 Å². The smallest absolute Gasteiger partial charge is 0.340 e. The third kappa shape index (κ3) is 5.62. The zero-order valence-electron chi connectivity index (χ0n) is 18.3. The van der Waals surface area contributed by atoms with Crippen LogP contribution in [0.25, 0.3) is 0 Å². The zero-order chi connectivity index (χ0) is 22.9. The van der Waals surface area contributed by atoms with Crippen LogP contribution in [0.2, 0.25) is 0 Å². The molecule has 1 aromatic heterocycles.